The van der Waals surface area contributed by atoms with Gasteiger partial charge in [-0.2, -0.15) is 0 Å². The number of carboxylic acids is 1. The van der Waals surface area contributed by atoms with Crippen LogP contribution >= 0.6 is 0 Å². The highest BCUT2D eigenvalue weighted by molar-refractivity contribution is 5.94. The summed E-state index contributed by atoms with van der Waals surface area (Å²) in [6.45, 7) is 0. The van der Waals surface area contributed by atoms with Crippen LogP contribution in [-0.4, -0.2) is 22.0 Å². The zero-order valence-electron chi connectivity index (χ0n) is 8.27. The van der Waals surface area contributed by atoms with Gasteiger partial charge in [-0.25, -0.2) is 0 Å². The maximum Gasteiger partial charge on any atom is 0.322 e. The molecule has 82 valence electrons. The second-order valence-electron chi connectivity index (χ2n) is 3.24. The second-order valence-corrected chi connectivity index (χ2v) is 3.24. The summed E-state index contributed by atoms with van der Waals surface area (Å²) in [5, 5.41) is 9.17. The fourth-order valence-electron chi connectivity index (χ4n) is 1.41. The largest absolute Gasteiger partial charge is 0.481 e. The van der Waals surface area contributed by atoms with Crippen molar-refractivity contribution in [1.29, 1.82) is 0 Å². The van der Waals surface area contributed by atoms with E-state index in [2.05, 4.69) is 4.98 Å². The minimum Gasteiger partial charge on any atom is -0.481 e. The highest BCUT2D eigenvalue weighted by Crippen LogP contribution is 2.24. The lowest BCUT2D eigenvalue weighted by atomic mass is 10.2. The summed E-state index contributed by atoms with van der Waals surface area (Å²) in [6, 6.07) is 7.28. The van der Waals surface area contributed by atoms with Gasteiger partial charge in [0.15, 0.2) is 5.75 Å². The number of aromatic nitrogens is 1. The number of benzene rings is 1. The highest BCUT2D eigenvalue weighted by atomic mass is 16.5. The van der Waals surface area contributed by atoms with Gasteiger partial charge >= 0.3 is 11.9 Å². The van der Waals surface area contributed by atoms with Crippen LogP contribution in [0.15, 0.2) is 30.5 Å². The molecule has 0 amide bonds. The van der Waals surface area contributed by atoms with Crippen molar-refractivity contribution in [3.63, 3.8) is 0 Å². The van der Waals surface area contributed by atoms with Gasteiger partial charge in [0.2, 0.25) is 0 Å². The van der Waals surface area contributed by atoms with Crippen LogP contribution in [0.1, 0.15) is 6.42 Å². The number of carbonyl (C=O) groups excluding carboxylic acids is 1. The maximum atomic E-state index is 11.1. The quantitative estimate of drug-likeness (QED) is 0.606. The zero-order valence-corrected chi connectivity index (χ0v) is 8.27. The van der Waals surface area contributed by atoms with Crippen molar-refractivity contribution >= 4 is 22.8 Å². The number of ether oxygens (including phenoxy) is 1. The molecule has 0 spiro atoms. The van der Waals surface area contributed by atoms with Crippen LogP contribution < -0.4 is 4.74 Å². The van der Waals surface area contributed by atoms with Crippen molar-refractivity contribution in [1.82, 2.24) is 4.98 Å². The fourth-order valence-corrected chi connectivity index (χ4v) is 1.41. The molecule has 0 saturated heterocycles. The lowest BCUT2D eigenvalue weighted by Gasteiger charge is -1.99. The summed E-state index contributed by atoms with van der Waals surface area (Å²) in [5.41, 5.74) is 0.834. The van der Waals surface area contributed by atoms with Gasteiger partial charge in [-0.1, -0.05) is 12.1 Å². The summed E-state index contributed by atoms with van der Waals surface area (Å²) in [6.07, 6.45) is 0.893. The van der Waals surface area contributed by atoms with Gasteiger partial charge in [-0.05, 0) is 12.1 Å². The molecule has 2 aromatic rings. The highest BCUT2D eigenvalue weighted by Gasteiger charge is 2.12. The molecule has 0 unspecified atom stereocenters. The SMILES string of the molecule is O=C(O)CC(=O)Oc1c[nH]c2ccccc12. The molecular formula is C11H9NO4. The van der Waals surface area contributed by atoms with Crippen molar-refractivity contribution in [2.24, 2.45) is 0 Å². The molecule has 16 heavy (non-hydrogen) atoms. The number of hydrogen-bond acceptors (Lipinski definition) is 3. The number of fused-ring (bicyclic) bond motifs is 1. The van der Waals surface area contributed by atoms with Gasteiger partial charge in [0.25, 0.3) is 0 Å². The number of hydrogen-bond donors (Lipinski definition) is 2. The Kier molecular flexibility index (Phi) is 2.59. The van der Waals surface area contributed by atoms with Gasteiger partial charge in [-0.3, -0.25) is 9.59 Å². The van der Waals surface area contributed by atoms with E-state index in [0.717, 1.165) is 10.9 Å². The summed E-state index contributed by atoms with van der Waals surface area (Å²) in [7, 11) is 0. The molecule has 0 aliphatic rings. The van der Waals surface area contributed by atoms with Crippen LogP contribution in [0.2, 0.25) is 0 Å². The number of aliphatic carboxylic acids is 1. The van der Waals surface area contributed by atoms with Crippen LogP contribution in [0.5, 0.6) is 5.75 Å². The number of para-hydroxylation sites is 1. The molecular weight excluding hydrogens is 210 g/mol. The minimum atomic E-state index is -1.20. The number of nitrogens with one attached hydrogen (secondary N) is 1. The Labute approximate surface area is 90.6 Å². The molecule has 5 heteroatoms. The van der Waals surface area contributed by atoms with Gasteiger partial charge in [0, 0.05) is 17.1 Å². The van der Waals surface area contributed by atoms with Crippen molar-refractivity contribution in [2.45, 2.75) is 6.42 Å². The smallest absolute Gasteiger partial charge is 0.322 e. The summed E-state index contributed by atoms with van der Waals surface area (Å²) in [5.74, 6) is -1.64. The Morgan fingerprint density at radius 1 is 1.31 bits per heavy atom. The van der Waals surface area contributed by atoms with E-state index >= 15 is 0 Å². The topological polar surface area (TPSA) is 79.4 Å². The first-order valence-corrected chi connectivity index (χ1v) is 4.65. The zero-order chi connectivity index (χ0) is 11.5. The fraction of sp³-hybridized carbons (Fsp3) is 0.0909. The van der Waals surface area contributed by atoms with E-state index in [1.807, 2.05) is 18.2 Å². The number of H-pyrrole nitrogens is 1. The average molecular weight is 219 g/mol. The average Bonchev–Trinajstić information content (AvgIpc) is 2.61. The first kappa shape index (κ1) is 10.2. The molecule has 0 radical (unpaired) electrons. The van der Waals surface area contributed by atoms with E-state index in [9.17, 15) is 9.59 Å². The van der Waals surface area contributed by atoms with E-state index in [-0.39, 0.29) is 0 Å². The third-order valence-corrected chi connectivity index (χ3v) is 2.07. The van der Waals surface area contributed by atoms with Crippen molar-refractivity contribution in [3.05, 3.63) is 30.5 Å². The van der Waals surface area contributed by atoms with E-state index in [4.69, 9.17) is 9.84 Å². The van der Waals surface area contributed by atoms with Gasteiger partial charge in [-0.15, -0.1) is 0 Å². The van der Waals surface area contributed by atoms with Crippen LogP contribution in [0.4, 0.5) is 0 Å². The summed E-state index contributed by atoms with van der Waals surface area (Å²) >= 11 is 0. The minimum absolute atomic E-state index is 0.349. The third kappa shape index (κ3) is 2.03. The second kappa shape index (κ2) is 4.06. The number of carbonyl (C=O) groups is 2. The Hall–Kier alpha value is -2.30. The van der Waals surface area contributed by atoms with E-state index in [0.29, 0.717) is 5.75 Å². The lowest BCUT2D eigenvalue weighted by molar-refractivity contribution is -0.145. The number of esters is 1. The monoisotopic (exact) mass is 219 g/mol. The number of rotatable bonds is 3. The first-order chi connectivity index (χ1) is 7.66. The molecule has 1 heterocycles. The number of carboxylic acid groups (broad SMARTS) is 1. The molecule has 0 fully saturated rings. The molecule has 0 aliphatic heterocycles. The first-order valence-electron chi connectivity index (χ1n) is 4.65. The van der Waals surface area contributed by atoms with Crippen molar-refractivity contribution in [2.75, 3.05) is 0 Å². The van der Waals surface area contributed by atoms with Gasteiger partial charge in [0.1, 0.15) is 6.42 Å². The molecule has 2 rings (SSSR count). The van der Waals surface area contributed by atoms with Crippen LogP contribution in [0, 0.1) is 0 Å². The van der Waals surface area contributed by atoms with Crippen LogP contribution in [0.25, 0.3) is 10.9 Å². The molecule has 0 saturated carbocycles. The standard InChI is InChI=1S/C11H9NO4/c13-10(14)5-11(15)16-9-6-12-8-4-2-1-3-7(8)9/h1-4,6,12H,5H2,(H,13,14). The van der Waals surface area contributed by atoms with Crippen molar-refractivity contribution in [3.8, 4) is 5.75 Å². The number of aromatic amines is 1. The summed E-state index contributed by atoms with van der Waals surface area (Å²) < 4.78 is 4.93. The Morgan fingerprint density at radius 3 is 2.81 bits per heavy atom. The van der Waals surface area contributed by atoms with Gasteiger partial charge in [0.05, 0.1) is 0 Å². The van der Waals surface area contributed by atoms with Crippen LogP contribution in [-0.2, 0) is 9.59 Å². The molecule has 0 bridgehead atoms. The Morgan fingerprint density at radius 2 is 2.06 bits per heavy atom. The Bertz CT molecular complexity index is 544. The van der Waals surface area contributed by atoms with Crippen LogP contribution in [0.3, 0.4) is 0 Å². The van der Waals surface area contributed by atoms with Gasteiger partial charge < -0.3 is 14.8 Å². The molecule has 0 aliphatic carbocycles. The molecule has 1 aromatic heterocycles. The van der Waals surface area contributed by atoms with E-state index in [1.165, 1.54) is 6.20 Å². The molecule has 0 atom stereocenters. The normalized spacial score (nSPS) is 10.2. The predicted molar refractivity (Wildman–Crippen MR) is 56.2 cm³/mol. The lowest BCUT2D eigenvalue weighted by Crippen LogP contribution is -2.12. The van der Waals surface area contributed by atoms with E-state index in [1.54, 1.807) is 6.07 Å². The summed E-state index contributed by atoms with van der Waals surface area (Å²) in [4.78, 5) is 24.4. The predicted octanol–water partition coefficient (Wildman–Crippen LogP) is 1.55. The molecule has 1 aromatic carbocycles. The van der Waals surface area contributed by atoms with Crippen molar-refractivity contribution < 1.29 is 19.4 Å². The molecule has 5 nitrogen and oxygen atoms in total. The maximum absolute atomic E-state index is 11.1. The molecule has 2 N–H and O–H groups in total. The Balaban J connectivity index is 2.21. The third-order valence-electron chi connectivity index (χ3n) is 2.07. The van der Waals surface area contributed by atoms with E-state index < -0.39 is 18.4 Å².